The number of nitrogens with one attached hydrogen (secondary N) is 1. The number of aryl methyl sites for hydroxylation is 1. The maximum Gasteiger partial charge on any atom is 0.115 e. The molecule has 1 N–H and O–H groups in total. The molecule has 2 unspecified atom stereocenters. The van der Waals surface area contributed by atoms with Gasteiger partial charge >= 0.3 is 0 Å². The van der Waals surface area contributed by atoms with Gasteiger partial charge in [0.15, 0.2) is 0 Å². The Balaban J connectivity index is 1.91. The maximum absolute atomic E-state index is 14.7. The van der Waals surface area contributed by atoms with Crippen molar-refractivity contribution in [3.63, 3.8) is 0 Å². The van der Waals surface area contributed by atoms with Gasteiger partial charge in [0.2, 0.25) is 0 Å². The van der Waals surface area contributed by atoms with Crippen LogP contribution >= 0.6 is 0 Å². The smallest absolute Gasteiger partial charge is 0.115 e. The van der Waals surface area contributed by atoms with Crippen molar-refractivity contribution in [2.75, 3.05) is 6.54 Å². The summed E-state index contributed by atoms with van der Waals surface area (Å²) in [6.45, 7) is 4.84. The van der Waals surface area contributed by atoms with Crippen LogP contribution in [0.3, 0.4) is 0 Å². The first-order chi connectivity index (χ1) is 9.09. The highest BCUT2D eigenvalue weighted by Gasteiger charge is 2.29. The molecule has 0 amide bonds. The fourth-order valence-corrected chi connectivity index (χ4v) is 2.83. The van der Waals surface area contributed by atoms with E-state index in [1.807, 2.05) is 12.3 Å². The molecule has 0 spiro atoms. The number of hydrogen-bond acceptors (Lipinski definition) is 2. The number of hydrogen-bond donors (Lipinski definition) is 1. The number of rotatable bonds is 5. The van der Waals surface area contributed by atoms with Crippen molar-refractivity contribution in [2.45, 2.75) is 64.1 Å². The number of aromatic nitrogens is 1. The molecule has 0 radical (unpaired) electrons. The van der Waals surface area contributed by atoms with Crippen molar-refractivity contribution in [3.05, 3.63) is 29.6 Å². The van der Waals surface area contributed by atoms with Crippen LogP contribution in [0.25, 0.3) is 0 Å². The summed E-state index contributed by atoms with van der Waals surface area (Å²) in [5, 5.41) is 3.42. The fourth-order valence-electron chi connectivity index (χ4n) is 2.83. The molecule has 0 bridgehead atoms. The van der Waals surface area contributed by atoms with Gasteiger partial charge < -0.3 is 5.32 Å². The molecule has 2 heterocycles. The maximum atomic E-state index is 14.7. The van der Waals surface area contributed by atoms with Gasteiger partial charge in [-0.3, -0.25) is 4.98 Å². The molecule has 2 rings (SSSR count). The van der Waals surface area contributed by atoms with E-state index in [1.54, 1.807) is 6.92 Å². The van der Waals surface area contributed by atoms with Crippen LogP contribution in [0.2, 0.25) is 0 Å². The summed E-state index contributed by atoms with van der Waals surface area (Å²) in [5.41, 5.74) is 0.895. The topological polar surface area (TPSA) is 24.9 Å². The largest absolute Gasteiger partial charge is 0.314 e. The van der Waals surface area contributed by atoms with E-state index in [2.05, 4.69) is 23.3 Å². The summed E-state index contributed by atoms with van der Waals surface area (Å²) in [5.74, 6) is 0. The first kappa shape index (κ1) is 14.4. The molecule has 2 nitrogen and oxygen atoms in total. The lowest BCUT2D eigenvalue weighted by atomic mass is 9.89. The van der Waals surface area contributed by atoms with E-state index in [1.165, 1.54) is 18.4 Å². The Morgan fingerprint density at radius 3 is 2.84 bits per heavy atom. The van der Waals surface area contributed by atoms with E-state index in [4.69, 9.17) is 0 Å². The second-order valence-corrected chi connectivity index (χ2v) is 5.95. The third kappa shape index (κ3) is 4.57. The molecular formula is C16H25FN2. The second-order valence-electron chi connectivity index (χ2n) is 5.95. The zero-order chi connectivity index (χ0) is 13.7. The molecule has 1 aromatic rings. The summed E-state index contributed by atoms with van der Waals surface area (Å²) in [6, 6.07) is 4.35. The summed E-state index contributed by atoms with van der Waals surface area (Å²) in [4.78, 5) is 4.37. The van der Waals surface area contributed by atoms with E-state index >= 15 is 0 Å². The number of halogens is 1. The summed E-state index contributed by atoms with van der Waals surface area (Å²) in [7, 11) is 0. The average molecular weight is 264 g/mol. The van der Waals surface area contributed by atoms with Crippen LogP contribution in [0.1, 0.15) is 50.8 Å². The summed E-state index contributed by atoms with van der Waals surface area (Å²) < 4.78 is 14.7. The quantitative estimate of drug-likeness (QED) is 0.881. The van der Waals surface area contributed by atoms with Crippen molar-refractivity contribution in [1.29, 1.82) is 0 Å². The fraction of sp³-hybridized carbons (Fsp3) is 0.688. The minimum absolute atomic E-state index is 0.332. The monoisotopic (exact) mass is 264 g/mol. The lowest BCUT2D eigenvalue weighted by Crippen LogP contribution is -2.40. The highest BCUT2D eigenvalue weighted by molar-refractivity contribution is 5.15. The van der Waals surface area contributed by atoms with Gasteiger partial charge in [-0.15, -0.1) is 0 Å². The van der Waals surface area contributed by atoms with Crippen molar-refractivity contribution >= 4 is 0 Å². The molecule has 0 aromatic carbocycles. The Hall–Kier alpha value is -0.960. The molecular weight excluding hydrogens is 239 g/mol. The molecule has 3 heteroatoms. The number of piperidine rings is 1. The molecule has 106 valence electrons. The molecule has 19 heavy (non-hydrogen) atoms. The van der Waals surface area contributed by atoms with E-state index < -0.39 is 5.67 Å². The minimum atomic E-state index is -1.17. The zero-order valence-corrected chi connectivity index (χ0v) is 12.1. The predicted octanol–water partition coefficient (Wildman–Crippen LogP) is 3.45. The van der Waals surface area contributed by atoms with E-state index in [0.717, 1.165) is 25.1 Å². The highest BCUT2D eigenvalue weighted by atomic mass is 19.1. The third-order valence-electron chi connectivity index (χ3n) is 3.93. The van der Waals surface area contributed by atoms with Crippen LogP contribution in [0.15, 0.2) is 18.3 Å². The van der Waals surface area contributed by atoms with Crippen molar-refractivity contribution in [1.82, 2.24) is 10.3 Å². The lowest BCUT2D eigenvalue weighted by molar-refractivity contribution is 0.144. The Morgan fingerprint density at radius 2 is 2.26 bits per heavy atom. The molecule has 1 fully saturated rings. The van der Waals surface area contributed by atoms with Crippen LogP contribution in [0.4, 0.5) is 4.39 Å². The molecule has 1 saturated heterocycles. The van der Waals surface area contributed by atoms with Gasteiger partial charge in [-0.25, -0.2) is 4.39 Å². The van der Waals surface area contributed by atoms with Crippen LogP contribution in [0.5, 0.6) is 0 Å². The van der Waals surface area contributed by atoms with Crippen molar-refractivity contribution in [3.8, 4) is 0 Å². The second kappa shape index (κ2) is 6.47. The molecule has 1 aliphatic rings. The molecule has 0 saturated carbocycles. The van der Waals surface area contributed by atoms with E-state index in [0.29, 0.717) is 18.9 Å². The number of nitrogens with zero attached hydrogens (tertiary/aromatic N) is 1. The molecule has 0 aliphatic carbocycles. The Morgan fingerprint density at radius 1 is 1.42 bits per heavy atom. The van der Waals surface area contributed by atoms with Gasteiger partial charge in [0, 0.05) is 24.4 Å². The Kier molecular flexibility index (Phi) is 4.92. The van der Waals surface area contributed by atoms with Crippen LogP contribution < -0.4 is 5.32 Å². The van der Waals surface area contributed by atoms with Crippen LogP contribution in [0, 0.1) is 0 Å². The summed E-state index contributed by atoms with van der Waals surface area (Å²) >= 11 is 0. The van der Waals surface area contributed by atoms with Crippen molar-refractivity contribution < 1.29 is 4.39 Å². The lowest BCUT2D eigenvalue weighted by Gasteiger charge is -2.29. The summed E-state index contributed by atoms with van der Waals surface area (Å²) in [6.07, 6.45) is 7.38. The standard InChI is InChI=1S/C16H25FN2/c1-3-13-7-8-15(19-12-13)11-16(2,17)10-14-6-4-5-9-18-14/h7-8,12,14,18H,3-6,9-11H2,1-2H3. The molecule has 1 aromatic heterocycles. The normalized spacial score (nSPS) is 23.0. The van der Waals surface area contributed by atoms with Crippen molar-refractivity contribution in [2.24, 2.45) is 0 Å². The SMILES string of the molecule is CCc1ccc(CC(C)(F)CC2CCCCN2)nc1. The third-order valence-corrected chi connectivity index (χ3v) is 3.93. The first-order valence-corrected chi connectivity index (χ1v) is 7.45. The molecule has 2 atom stereocenters. The minimum Gasteiger partial charge on any atom is -0.314 e. The van der Waals surface area contributed by atoms with E-state index in [-0.39, 0.29) is 0 Å². The zero-order valence-electron chi connectivity index (χ0n) is 12.1. The highest BCUT2D eigenvalue weighted by Crippen LogP contribution is 2.25. The van der Waals surface area contributed by atoms with Crippen LogP contribution in [-0.2, 0) is 12.8 Å². The van der Waals surface area contributed by atoms with Gasteiger partial charge in [0.05, 0.1) is 0 Å². The number of alkyl halides is 1. The molecule has 1 aliphatic heterocycles. The van der Waals surface area contributed by atoms with Gasteiger partial charge in [-0.2, -0.15) is 0 Å². The number of pyridine rings is 1. The van der Waals surface area contributed by atoms with Gasteiger partial charge in [0.1, 0.15) is 5.67 Å². The Bertz CT molecular complexity index is 380. The predicted molar refractivity (Wildman–Crippen MR) is 77.1 cm³/mol. The first-order valence-electron chi connectivity index (χ1n) is 7.45. The van der Waals surface area contributed by atoms with Crippen LogP contribution in [-0.4, -0.2) is 23.2 Å². The van der Waals surface area contributed by atoms with E-state index in [9.17, 15) is 4.39 Å². The van der Waals surface area contributed by atoms with Gasteiger partial charge in [-0.1, -0.05) is 19.4 Å². The van der Waals surface area contributed by atoms with Gasteiger partial charge in [0.25, 0.3) is 0 Å². The Labute approximate surface area is 115 Å². The average Bonchev–Trinajstić information content (AvgIpc) is 2.39. The van der Waals surface area contributed by atoms with Gasteiger partial charge in [-0.05, 0) is 50.8 Å².